The van der Waals surface area contributed by atoms with Crippen LogP contribution in [-0.2, 0) is 20.9 Å². The van der Waals surface area contributed by atoms with E-state index < -0.39 is 37.6 Å². The molecular weight excluding hydrogens is 494 g/mol. The molecule has 1 amide bonds. The summed E-state index contributed by atoms with van der Waals surface area (Å²) < 4.78 is 72.4. The lowest BCUT2D eigenvalue weighted by Crippen LogP contribution is -2.39. The molecule has 1 aliphatic heterocycles. The van der Waals surface area contributed by atoms with Gasteiger partial charge in [0.25, 0.3) is 15.9 Å². The van der Waals surface area contributed by atoms with E-state index in [4.69, 9.17) is 27.9 Å². The first-order chi connectivity index (χ1) is 14.9. The van der Waals surface area contributed by atoms with Gasteiger partial charge in [-0.25, -0.2) is 13.4 Å². The minimum Gasteiger partial charge on any atom is -0.383 e. The largest absolute Gasteiger partial charge is 0.417 e. The molecule has 0 aliphatic carbocycles. The smallest absolute Gasteiger partial charge is 0.383 e. The molecule has 32 heavy (non-hydrogen) atoms. The molecule has 1 aromatic carbocycles. The van der Waals surface area contributed by atoms with Gasteiger partial charge in [-0.15, -0.1) is 0 Å². The van der Waals surface area contributed by atoms with Crippen molar-refractivity contribution in [1.82, 2.24) is 9.88 Å². The lowest BCUT2D eigenvalue weighted by molar-refractivity contribution is -0.137. The van der Waals surface area contributed by atoms with Crippen LogP contribution in [0.1, 0.15) is 28.9 Å². The highest BCUT2D eigenvalue weighted by molar-refractivity contribution is 7.92. The topological polar surface area (TPSA) is 88.6 Å². The average Bonchev–Trinajstić information content (AvgIpc) is 3.15. The molecule has 13 heteroatoms. The van der Waals surface area contributed by atoms with Gasteiger partial charge in [0.15, 0.2) is 5.69 Å². The quantitative estimate of drug-likeness (QED) is 0.618. The minimum atomic E-state index is -4.85. The predicted molar refractivity (Wildman–Crippen MR) is 112 cm³/mol. The fourth-order valence-electron chi connectivity index (χ4n) is 3.38. The first kappa shape index (κ1) is 24.6. The van der Waals surface area contributed by atoms with Crippen molar-refractivity contribution in [3.05, 3.63) is 51.8 Å². The van der Waals surface area contributed by atoms with Crippen LogP contribution in [0.2, 0.25) is 10.0 Å². The van der Waals surface area contributed by atoms with Crippen LogP contribution >= 0.6 is 23.2 Å². The first-order valence-corrected chi connectivity index (χ1v) is 11.5. The van der Waals surface area contributed by atoms with Crippen LogP contribution in [0.25, 0.3) is 0 Å². The van der Waals surface area contributed by atoms with Crippen LogP contribution in [-0.4, -0.2) is 50.5 Å². The van der Waals surface area contributed by atoms with Gasteiger partial charge in [-0.3, -0.25) is 9.52 Å². The minimum absolute atomic E-state index is 0.0289. The zero-order chi connectivity index (χ0) is 23.7. The summed E-state index contributed by atoms with van der Waals surface area (Å²) in [4.78, 5) is 17.9. The van der Waals surface area contributed by atoms with E-state index >= 15 is 0 Å². The number of hydrogen-bond acceptors (Lipinski definition) is 5. The number of amides is 1. The maximum atomic E-state index is 13.2. The Balaban J connectivity index is 1.97. The van der Waals surface area contributed by atoms with Crippen LogP contribution in [0, 0.1) is 0 Å². The number of ether oxygens (including phenoxy) is 1. The van der Waals surface area contributed by atoms with Crippen molar-refractivity contribution < 1.29 is 31.1 Å². The second-order valence-electron chi connectivity index (χ2n) is 7.04. The number of benzene rings is 1. The maximum Gasteiger partial charge on any atom is 0.417 e. The van der Waals surface area contributed by atoms with Crippen LogP contribution in [0.15, 0.2) is 35.4 Å². The zero-order valence-electron chi connectivity index (χ0n) is 16.6. The van der Waals surface area contributed by atoms with Crippen LogP contribution < -0.4 is 4.72 Å². The third-order valence-electron chi connectivity index (χ3n) is 4.85. The SMILES string of the molecule is COC[C@@H]1CCCN1C(=O)c1ncc(Cl)cc1NS(=O)(=O)c1ccc(Cl)c(C(F)(F)F)c1. The van der Waals surface area contributed by atoms with E-state index in [2.05, 4.69) is 9.71 Å². The number of carbonyl (C=O) groups is 1. The number of aromatic nitrogens is 1. The van der Waals surface area contributed by atoms with Crippen molar-refractivity contribution in [3.8, 4) is 0 Å². The van der Waals surface area contributed by atoms with Gasteiger partial charge < -0.3 is 9.64 Å². The van der Waals surface area contributed by atoms with E-state index in [1.54, 1.807) is 0 Å². The van der Waals surface area contributed by atoms with E-state index in [9.17, 15) is 26.4 Å². The first-order valence-electron chi connectivity index (χ1n) is 9.29. The van der Waals surface area contributed by atoms with Gasteiger partial charge in [-0.05, 0) is 37.1 Å². The highest BCUT2D eigenvalue weighted by Crippen LogP contribution is 2.36. The number of sulfonamides is 1. The number of rotatable bonds is 6. The molecule has 1 N–H and O–H groups in total. The van der Waals surface area contributed by atoms with Crippen molar-refractivity contribution in [1.29, 1.82) is 0 Å². The molecule has 3 rings (SSSR count). The van der Waals surface area contributed by atoms with Gasteiger partial charge in [0.05, 0.1) is 38.8 Å². The van der Waals surface area contributed by atoms with Crippen molar-refractivity contribution in [2.75, 3.05) is 25.0 Å². The van der Waals surface area contributed by atoms with E-state index in [1.165, 1.54) is 24.3 Å². The van der Waals surface area contributed by atoms with Crippen molar-refractivity contribution >= 4 is 44.8 Å². The Labute approximate surface area is 192 Å². The molecule has 1 saturated heterocycles. The highest BCUT2D eigenvalue weighted by atomic mass is 35.5. The number of nitrogens with one attached hydrogen (secondary N) is 1. The highest BCUT2D eigenvalue weighted by Gasteiger charge is 2.35. The van der Waals surface area contributed by atoms with Crippen LogP contribution in [0.5, 0.6) is 0 Å². The maximum absolute atomic E-state index is 13.2. The number of pyridine rings is 1. The van der Waals surface area contributed by atoms with E-state index in [0.717, 1.165) is 18.6 Å². The number of hydrogen-bond donors (Lipinski definition) is 1. The molecule has 0 radical (unpaired) electrons. The molecule has 2 aromatic rings. The fraction of sp³-hybridized carbons (Fsp3) is 0.368. The van der Waals surface area contributed by atoms with Crippen molar-refractivity contribution in [2.24, 2.45) is 0 Å². The van der Waals surface area contributed by atoms with Gasteiger partial charge in [0.1, 0.15) is 0 Å². The third kappa shape index (κ3) is 5.28. The Kier molecular flexibility index (Phi) is 7.23. The number of anilines is 1. The van der Waals surface area contributed by atoms with Gasteiger partial charge in [-0.1, -0.05) is 23.2 Å². The number of alkyl halides is 3. The molecule has 1 atom stereocenters. The van der Waals surface area contributed by atoms with E-state index in [1.807, 2.05) is 0 Å². The summed E-state index contributed by atoms with van der Waals surface area (Å²) in [5.41, 5.74) is -1.79. The Morgan fingerprint density at radius 3 is 2.69 bits per heavy atom. The fourth-order valence-corrected chi connectivity index (χ4v) is 4.85. The van der Waals surface area contributed by atoms with Gasteiger partial charge in [-0.2, -0.15) is 13.2 Å². The summed E-state index contributed by atoms with van der Waals surface area (Å²) in [7, 11) is -3.03. The zero-order valence-corrected chi connectivity index (χ0v) is 18.9. The number of nitrogens with zero attached hydrogens (tertiary/aromatic N) is 2. The van der Waals surface area contributed by atoms with E-state index in [0.29, 0.717) is 25.6 Å². The van der Waals surface area contributed by atoms with Crippen LogP contribution in [0.3, 0.4) is 0 Å². The van der Waals surface area contributed by atoms with Gasteiger partial charge in [0.2, 0.25) is 0 Å². The summed E-state index contributed by atoms with van der Waals surface area (Å²) in [6, 6.07) is 3.13. The van der Waals surface area contributed by atoms with E-state index in [-0.39, 0.29) is 22.4 Å². The molecule has 0 spiro atoms. The Hall–Kier alpha value is -2.08. The molecule has 0 unspecified atom stereocenters. The summed E-state index contributed by atoms with van der Waals surface area (Å²) in [6.07, 6.45) is -2.23. The number of methoxy groups -OCH3 is 1. The molecular formula is C19H18Cl2F3N3O4S. The summed E-state index contributed by atoms with van der Waals surface area (Å²) >= 11 is 11.5. The third-order valence-corrected chi connectivity index (χ3v) is 6.75. The van der Waals surface area contributed by atoms with Gasteiger partial charge >= 0.3 is 6.18 Å². The Bertz CT molecular complexity index is 1130. The van der Waals surface area contributed by atoms with Crippen molar-refractivity contribution in [3.63, 3.8) is 0 Å². The summed E-state index contributed by atoms with van der Waals surface area (Å²) in [5.74, 6) is -0.550. The number of halogens is 5. The predicted octanol–water partition coefficient (Wildman–Crippen LogP) is 4.46. The monoisotopic (exact) mass is 511 g/mol. The molecule has 1 aliphatic rings. The lowest BCUT2D eigenvalue weighted by atomic mass is 10.2. The Morgan fingerprint density at radius 2 is 2.03 bits per heavy atom. The molecule has 7 nitrogen and oxygen atoms in total. The summed E-state index contributed by atoms with van der Waals surface area (Å²) in [5, 5.41) is -0.615. The molecule has 1 fully saturated rings. The lowest BCUT2D eigenvalue weighted by Gasteiger charge is -2.24. The second kappa shape index (κ2) is 9.42. The summed E-state index contributed by atoms with van der Waals surface area (Å²) in [6.45, 7) is 0.723. The van der Waals surface area contributed by atoms with Crippen LogP contribution in [0.4, 0.5) is 18.9 Å². The number of carbonyl (C=O) groups excluding carboxylic acids is 1. The molecule has 0 bridgehead atoms. The average molecular weight is 512 g/mol. The Morgan fingerprint density at radius 1 is 1.31 bits per heavy atom. The second-order valence-corrected chi connectivity index (χ2v) is 9.57. The number of likely N-dealkylation sites (tertiary alicyclic amines) is 1. The normalized spacial score (nSPS) is 16.9. The molecule has 1 aromatic heterocycles. The molecule has 0 saturated carbocycles. The standard InChI is InChI=1S/C19H18Cl2F3N3O4S/c1-31-10-12-3-2-6-27(12)18(28)17-16(7-11(20)9-25-17)26-32(29,30)13-4-5-15(21)14(8-13)19(22,23)24/h4-5,7-9,12,26H,2-3,6,10H2,1H3/t12-/m0/s1. The molecule has 174 valence electrons. The molecule has 2 heterocycles. The van der Waals surface area contributed by atoms with Crippen molar-refractivity contribution in [2.45, 2.75) is 30.0 Å². The van der Waals surface area contributed by atoms with Gasteiger partial charge in [0, 0.05) is 19.9 Å².